The van der Waals surface area contributed by atoms with Crippen LogP contribution < -0.4 is 10.3 Å². The van der Waals surface area contributed by atoms with Crippen molar-refractivity contribution in [3.8, 4) is 0 Å². The minimum atomic E-state index is 0.375. The Kier molecular flexibility index (Phi) is 4.30. The van der Waals surface area contributed by atoms with Crippen LogP contribution in [0.2, 0.25) is 0 Å². The molecule has 0 spiro atoms. The number of nitrogens with zero attached hydrogens (tertiary/aromatic N) is 3. The van der Waals surface area contributed by atoms with Crippen LogP contribution in [0.3, 0.4) is 0 Å². The van der Waals surface area contributed by atoms with Gasteiger partial charge in [-0.05, 0) is 25.0 Å². The van der Waals surface area contributed by atoms with Gasteiger partial charge in [-0.3, -0.25) is 4.99 Å². The van der Waals surface area contributed by atoms with E-state index in [1.165, 1.54) is 30.2 Å². The van der Waals surface area contributed by atoms with Gasteiger partial charge in [0.15, 0.2) is 12.4 Å². The van der Waals surface area contributed by atoms with Gasteiger partial charge in [0.2, 0.25) is 0 Å². The third-order valence-electron chi connectivity index (χ3n) is 5.03. The Morgan fingerprint density at radius 3 is 3.00 bits per heavy atom. The summed E-state index contributed by atoms with van der Waals surface area (Å²) in [4.78, 5) is 4.70. The van der Waals surface area contributed by atoms with E-state index in [1.54, 1.807) is 6.26 Å². The van der Waals surface area contributed by atoms with Gasteiger partial charge < -0.3 is 14.7 Å². The van der Waals surface area contributed by atoms with Crippen molar-refractivity contribution in [2.24, 2.45) is 17.8 Å². The van der Waals surface area contributed by atoms with Crippen LogP contribution in [0.4, 0.5) is 0 Å². The summed E-state index contributed by atoms with van der Waals surface area (Å²) in [7, 11) is 2.03. The third kappa shape index (κ3) is 3.45. The molecular formula is C20H25N4O+. The highest BCUT2D eigenvalue weighted by Crippen LogP contribution is 2.21. The number of furan rings is 1. The summed E-state index contributed by atoms with van der Waals surface area (Å²) in [6.07, 6.45) is 14.1. The maximum Gasteiger partial charge on any atom is 0.193 e. The fraction of sp³-hybridized carbons (Fsp3) is 0.400. The molecule has 1 aliphatic rings. The Hall–Kier alpha value is -2.56. The summed E-state index contributed by atoms with van der Waals surface area (Å²) in [6.45, 7) is 0.685. The molecule has 2 N–H and O–H groups in total. The first kappa shape index (κ1) is 15.9. The van der Waals surface area contributed by atoms with E-state index in [-0.39, 0.29) is 0 Å². The van der Waals surface area contributed by atoms with Gasteiger partial charge in [-0.2, -0.15) is 0 Å². The summed E-state index contributed by atoms with van der Waals surface area (Å²) in [5.74, 6) is 1.49. The number of rotatable bonds is 4. The lowest BCUT2D eigenvalue weighted by molar-refractivity contribution is -0.670. The number of aryl methyl sites for hydroxylation is 1. The standard InChI is InChI=1S/C20H25N4O/c1-23-9-7-15-8-10-24(19(15)13-23)12-18-11-16(14-25-18)20(21)22-17-5-3-2-4-6-17/h7-11,13-14,17H,2-6,12H2,1H3,(H2,21,22)/q+1. The third-order valence-corrected chi connectivity index (χ3v) is 5.03. The molecular weight excluding hydrogens is 312 g/mol. The second-order valence-corrected chi connectivity index (χ2v) is 7.00. The molecule has 0 saturated heterocycles. The van der Waals surface area contributed by atoms with E-state index in [2.05, 4.69) is 39.9 Å². The fourth-order valence-corrected chi connectivity index (χ4v) is 3.61. The average molecular weight is 337 g/mol. The van der Waals surface area contributed by atoms with E-state index in [4.69, 9.17) is 15.1 Å². The summed E-state index contributed by atoms with van der Waals surface area (Å²) >= 11 is 0. The number of fused-ring (bicyclic) bond motifs is 1. The van der Waals surface area contributed by atoms with E-state index in [1.807, 2.05) is 13.1 Å². The highest BCUT2D eigenvalue weighted by atomic mass is 16.3. The first-order chi connectivity index (χ1) is 12.2. The van der Waals surface area contributed by atoms with E-state index in [0.717, 1.165) is 24.2 Å². The van der Waals surface area contributed by atoms with Crippen molar-refractivity contribution in [3.63, 3.8) is 0 Å². The molecule has 1 aliphatic carbocycles. The Labute approximate surface area is 147 Å². The topological polar surface area (TPSA) is 60.3 Å². The fourth-order valence-electron chi connectivity index (χ4n) is 3.61. The number of nitrogens with two attached hydrogens (primary N) is 1. The molecule has 0 atom stereocenters. The van der Waals surface area contributed by atoms with Gasteiger partial charge in [-0.25, -0.2) is 4.57 Å². The van der Waals surface area contributed by atoms with Crippen molar-refractivity contribution in [2.75, 3.05) is 0 Å². The summed E-state index contributed by atoms with van der Waals surface area (Å²) in [6, 6.07) is 6.63. The van der Waals surface area contributed by atoms with Crippen LogP contribution in [0.25, 0.3) is 10.9 Å². The molecule has 3 aromatic rings. The molecule has 3 heterocycles. The zero-order valence-corrected chi connectivity index (χ0v) is 14.7. The number of aliphatic imine (C=N–C) groups is 1. The van der Waals surface area contributed by atoms with E-state index in [9.17, 15) is 0 Å². The van der Waals surface area contributed by atoms with Crippen LogP contribution >= 0.6 is 0 Å². The molecule has 0 amide bonds. The van der Waals surface area contributed by atoms with Gasteiger partial charge in [0.25, 0.3) is 0 Å². The zero-order valence-electron chi connectivity index (χ0n) is 14.7. The van der Waals surface area contributed by atoms with Crippen LogP contribution in [0.15, 0.2) is 52.5 Å². The maximum absolute atomic E-state index is 6.20. The highest BCUT2D eigenvalue weighted by molar-refractivity contribution is 5.97. The second kappa shape index (κ2) is 6.75. The minimum absolute atomic E-state index is 0.375. The molecule has 0 radical (unpaired) electrons. The van der Waals surface area contributed by atoms with Crippen molar-refractivity contribution in [2.45, 2.75) is 44.7 Å². The molecule has 0 aromatic carbocycles. The van der Waals surface area contributed by atoms with Gasteiger partial charge in [-0.1, -0.05) is 19.3 Å². The number of aromatic nitrogens is 2. The molecule has 1 fully saturated rings. The summed E-state index contributed by atoms with van der Waals surface area (Å²) < 4.78 is 9.98. The van der Waals surface area contributed by atoms with Gasteiger partial charge in [0, 0.05) is 17.6 Å². The molecule has 0 bridgehead atoms. The minimum Gasteiger partial charge on any atom is -0.467 e. The molecule has 1 saturated carbocycles. The van der Waals surface area contributed by atoms with Crippen molar-refractivity contribution < 1.29 is 8.98 Å². The normalized spacial score (nSPS) is 16.6. The van der Waals surface area contributed by atoms with Gasteiger partial charge in [0.05, 0.1) is 18.2 Å². The quantitative estimate of drug-likeness (QED) is 0.452. The molecule has 4 rings (SSSR count). The monoisotopic (exact) mass is 337 g/mol. The van der Waals surface area contributed by atoms with E-state index >= 15 is 0 Å². The summed E-state index contributed by atoms with van der Waals surface area (Å²) in [5, 5.41) is 1.23. The lowest BCUT2D eigenvalue weighted by Gasteiger charge is -2.17. The van der Waals surface area contributed by atoms with Crippen LogP contribution in [0.5, 0.6) is 0 Å². The Bertz CT molecular complexity index is 899. The van der Waals surface area contributed by atoms with Crippen molar-refractivity contribution in [1.29, 1.82) is 0 Å². The SMILES string of the molecule is C[n+]1ccc2ccn(Cc3cc(C(N)=NC4CCCCC4)co3)c2c1. The van der Waals surface area contributed by atoms with Crippen LogP contribution in [-0.4, -0.2) is 16.4 Å². The van der Waals surface area contributed by atoms with Gasteiger partial charge in [0.1, 0.15) is 30.4 Å². The molecule has 25 heavy (non-hydrogen) atoms. The Balaban J connectivity index is 1.52. The zero-order chi connectivity index (χ0) is 17.2. The predicted molar refractivity (Wildman–Crippen MR) is 98.5 cm³/mol. The van der Waals surface area contributed by atoms with E-state index < -0.39 is 0 Å². The van der Waals surface area contributed by atoms with Crippen LogP contribution in [0.1, 0.15) is 43.4 Å². The molecule has 5 nitrogen and oxygen atoms in total. The number of hydrogen-bond donors (Lipinski definition) is 1. The molecule has 3 aromatic heterocycles. The van der Waals surface area contributed by atoms with Crippen molar-refractivity contribution in [3.05, 3.63) is 54.4 Å². The van der Waals surface area contributed by atoms with Crippen LogP contribution in [0, 0.1) is 0 Å². The summed E-state index contributed by atoms with van der Waals surface area (Å²) in [5.41, 5.74) is 8.28. The highest BCUT2D eigenvalue weighted by Gasteiger charge is 2.14. The van der Waals surface area contributed by atoms with Crippen molar-refractivity contribution >= 4 is 16.7 Å². The Morgan fingerprint density at radius 1 is 1.32 bits per heavy atom. The average Bonchev–Trinajstić information content (AvgIpc) is 3.24. The molecule has 0 aliphatic heterocycles. The largest absolute Gasteiger partial charge is 0.467 e. The smallest absolute Gasteiger partial charge is 0.193 e. The molecule has 5 heteroatoms. The van der Waals surface area contributed by atoms with Gasteiger partial charge >= 0.3 is 0 Å². The lowest BCUT2D eigenvalue weighted by Crippen LogP contribution is -2.26. The maximum atomic E-state index is 6.20. The molecule has 130 valence electrons. The van der Waals surface area contributed by atoms with E-state index in [0.29, 0.717) is 18.4 Å². The van der Waals surface area contributed by atoms with Crippen LogP contribution in [-0.2, 0) is 13.6 Å². The number of hydrogen-bond acceptors (Lipinski definition) is 2. The first-order valence-electron chi connectivity index (χ1n) is 9.04. The molecule has 0 unspecified atom stereocenters. The van der Waals surface area contributed by atoms with Crippen molar-refractivity contribution in [1.82, 2.24) is 4.57 Å². The second-order valence-electron chi connectivity index (χ2n) is 7.00. The Morgan fingerprint density at radius 2 is 2.16 bits per heavy atom. The first-order valence-corrected chi connectivity index (χ1v) is 9.04. The number of amidine groups is 1. The lowest BCUT2D eigenvalue weighted by atomic mass is 9.96. The number of pyridine rings is 1. The predicted octanol–water partition coefficient (Wildman–Crippen LogP) is 3.15. The van der Waals surface area contributed by atoms with Gasteiger partial charge in [-0.15, -0.1) is 0 Å².